The summed E-state index contributed by atoms with van der Waals surface area (Å²) in [6.07, 6.45) is 1.18. The van der Waals surface area contributed by atoms with Gasteiger partial charge in [0.05, 0.1) is 13.2 Å². The highest BCUT2D eigenvalue weighted by Gasteiger charge is 2.48. The smallest absolute Gasteiger partial charge is 0.247 e. The highest BCUT2D eigenvalue weighted by atomic mass is 32.1. The van der Waals surface area contributed by atoms with Crippen molar-refractivity contribution < 1.29 is 9.53 Å². The fraction of sp³-hybridized carbons (Fsp3) is 0.692. The van der Waals surface area contributed by atoms with Crippen molar-refractivity contribution in [1.82, 2.24) is 24.8 Å². The lowest BCUT2D eigenvalue weighted by Crippen LogP contribution is -2.56. The van der Waals surface area contributed by atoms with Gasteiger partial charge in [0.25, 0.3) is 0 Å². The maximum atomic E-state index is 12.2. The number of hydrazine groups is 1. The van der Waals surface area contributed by atoms with Crippen molar-refractivity contribution >= 4 is 35.1 Å². The van der Waals surface area contributed by atoms with Gasteiger partial charge < -0.3 is 15.0 Å². The van der Waals surface area contributed by atoms with Crippen LogP contribution in [0, 0.1) is 0 Å². The lowest BCUT2D eigenvalue weighted by Gasteiger charge is -2.38. The quantitative estimate of drug-likeness (QED) is 0.710. The fourth-order valence-corrected chi connectivity index (χ4v) is 3.54. The first-order valence-electron chi connectivity index (χ1n) is 7.68. The molecule has 0 spiro atoms. The number of rotatable bonds is 1. The Morgan fingerprint density at radius 3 is 2.83 bits per heavy atom. The van der Waals surface area contributed by atoms with Crippen LogP contribution in [-0.2, 0) is 9.53 Å². The average molecular weight is 337 g/mol. The SMILES string of the molecule is CN1C(=S)n2nc(N3CCOCC3)nc2NC2(C)CCC(=O)N12. The molecule has 9 nitrogen and oxygen atoms in total. The van der Waals surface area contributed by atoms with Crippen molar-refractivity contribution in [3.8, 4) is 0 Å². The number of thiocarbonyl (C=S) groups is 1. The van der Waals surface area contributed by atoms with Crippen LogP contribution < -0.4 is 10.2 Å². The molecule has 1 atom stereocenters. The van der Waals surface area contributed by atoms with Gasteiger partial charge in [0.2, 0.25) is 22.9 Å². The van der Waals surface area contributed by atoms with E-state index in [0.29, 0.717) is 43.1 Å². The summed E-state index contributed by atoms with van der Waals surface area (Å²) in [5.41, 5.74) is -0.542. The molecule has 0 aromatic carbocycles. The second-order valence-electron chi connectivity index (χ2n) is 6.16. The molecule has 0 saturated carbocycles. The summed E-state index contributed by atoms with van der Waals surface area (Å²) in [6.45, 7) is 4.83. The molecule has 1 aromatic heterocycles. The number of anilines is 2. The standard InChI is InChI=1S/C13H19N7O2S/c1-13-4-3-9(21)20(13)17(2)12(23)19-10(15-13)14-11(16-19)18-5-7-22-8-6-18/h3-8H2,1-2H3,(H,14,15,16). The van der Waals surface area contributed by atoms with Gasteiger partial charge in [-0.1, -0.05) is 0 Å². The predicted octanol–water partition coefficient (Wildman–Crippen LogP) is -0.141. The highest BCUT2D eigenvalue weighted by Crippen LogP contribution is 2.35. The normalized spacial score (nSPS) is 27.7. The highest BCUT2D eigenvalue weighted by molar-refractivity contribution is 7.80. The van der Waals surface area contributed by atoms with Crippen LogP contribution in [0.25, 0.3) is 0 Å². The molecule has 3 aliphatic rings. The molecule has 0 bridgehead atoms. The molecule has 0 aliphatic carbocycles. The minimum atomic E-state index is -0.542. The molecule has 2 fully saturated rings. The molecular formula is C13H19N7O2S. The van der Waals surface area contributed by atoms with Gasteiger partial charge in [0.1, 0.15) is 5.66 Å². The molecule has 1 amide bonds. The zero-order valence-electron chi connectivity index (χ0n) is 13.2. The molecule has 3 aliphatic heterocycles. The number of aromatic nitrogens is 3. The zero-order valence-corrected chi connectivity index (χ0v) is 14.0. The summed E-state index contributed by atoms with van der Waals surface area (Å²) in [6, 6.07) is 0. The number of hydrogen-bond acceptors (Lipinski definition) is 7. The third-order valence-corrected chi connectivity index (χ3v) is 5.00. The lowest BCUT2D eigenvalue weighted by molar-refractivity contribution is -0.142. The molecule has 4 rings (SSSR count). The number of amides is 1. The monoisotopic (exact) mass is 337 g/mol. The van der Waals surface area contributed by atoms with Crippen LogP contribution in [-0.4, -0.2) is 74.8 Å². The molecule has 23 heavy (non-hydrogen) atoms. The van der Waals surface area contributed by atoms with Crippen LogP contribution in [0.1, 0.15) is 19.8 Å². The van der Waals surface area contributed by atoms with Crippen molar-refractivity contribution in [2.45, 2.75) is 25.4 Å². The van der Waals surface area contributed by atoms with E-state index in [1.165, 1.54) is 0 Å². The van der Waals surface area contributed by atoms with Gasteiger partial charge in [-0.2, -0.15) is 9.67 Å². The first kappa shape index (κ1) is 14.6. The van der Waals surface area contributed by atoms with E-state index >= 15 is 0 Å². The fourth-order valence-electron chi connectivity index (χ4n) is 3.33. The summed E-state index contributed by atoms with van der Waals surface area (Å²) < 4.78 is 6.96. The Hall–Kier alpha value is -1.94. The first-order valence-corrected chi connectivity index (χ1v) is 8.09. The molecule has 1 unspecified atom stereocenters. The molecule has 4 heterocycles. The minimum absolute atomic E-state index is 0.0454. The van der Waals surface area contributed by atoms with Crippen LogP contribution in [0.4, 0.5) is 11.9 Å². The summed E-state index contributed by atoms with van der Waals surface area (Å²) in [4.78, 5) is 18.9. The van der Waals surface area contributed by atoms with Crippen molar-refractivity contribution in [1.29, 1.82) is 0 Å². The van der Waals surface area contributed by atoms with E-state index in [1.807, 2.05) is 6.92 Å². The second-order valence-corrected chi connectivity index (χ2v) is 6.52. The van der Waals surface area contributed by atoms with Gasteiger partial charge in [-0.15, -0.1) is 5.10 Å². The molecule has 0 radical (unpaired) electrons. The Kier molecular flexibility index (Phi) is 3.20. The molecule has 1 aromatic rings. The Labute approximate surface area is 139 Å². The Bertz CT molecular complexity index is 671. The minimum Gasteiger partial charge on any atom is -0.378 e. The molecule has 2 saturated heterocycles. The lowest BCUT2D eigenvalue weighted by atomic mass is 10.1. The van der Waals surface area contributed by atoms with Crippen LogP contribution in [0.3, 0.4) is 0 Å². The molecule has 10 heteroatoms. The van der Waals surface area contributed by atoms with E-state index in [4.69, 9.17) is 17.0 Å². The Morgan fingerprint density at radius 2 is 2.09 bits per heavy atom. The van der Waals surface area contributed by atoms with Gasteiger partial charge in [0, 0.05) is 26.6 Å². The van der Waals surface area contributed by atoms with Crippen molar-refractivity contribution in [3.63, 3.8) is 0 Å². The van der Waals surface area contributed by atoms with E-state index in [9.17, 15) is 4.79 Å². The average Bonchev–Trinajstić information content (AvgIpc) is 3.06. The topological polar surface area (TPSA) is 78.8 Å². The van der Waals surface area contributed by atoms with E-state index < -0.39 is 5.66 Å². The van der Waals surface area contributed by atoms with Crippen molar-refractivity contribution in [2.24, 2.45) is 0 Å². The number of nitrogens with one attached hydrogen (secondary N) is 1. The summed E-state index contributed by atoms with van der Waals surface area (Å²) in [5.74, 6) is 1.25. The number of carbonyl (C=O) groups excluding carboxylic acids is 1. The maximum Gasteiger partial charge on any atom is 0.247 e. The number of ether oxygens (including phenoxy) is 1. The van der Waals surface area contributed by atoms with Gasteiger partial charge in [-0.25, -0.2) is 5.01 Å². The van der Waals surface area contributed by atoms with E-state index in [0.717, 1.165) is 13.1 Å². The van der Waals surface area contributed by atoms with Crippen LogP contribution in [0.15, 0.2) is 0 Å². The maximum absolute atomic E-state index is 12.2. The van der Waals surface area contributed by atoms with Crippen LogP contribution in [0.2, 0.25) is 0 Å². The van der Waals surface area contributed by atoms with E-state index in [2.05, 4.69) is 20.3 Å². The van der Waals surface area contributed by atoms with Gasteiger partial charge in [0.15, 0.2) is 0 Å². The number of carbonyl (C=O) groups is 1. The van der Waals surface area contributed by atoms with E-state index in [1.54, 1.807) is 21.7 Å². The largest absolute Gasteiger partial charge is 0.378 e. The number of hydrogen-bond donors (Lipinski definition) is 1. The Morgan fingerprint density at radius 1 is 1.35 bits per heavy atom. The van der Waals surface area contributed by atoms with Gasteiger partial charge in [-0.3, -0.25) is 9.80 Å². The van der Waals surface area contributed by atoms with Gasteiger partial charge in [-0.05, 0) is 25.6 Å². The molecule has 1 N–H and O–H groups in total. The summed E-state index contributed by atoms with van der Waals surface area (Å²) >= 11 is 5.52. The third-order valence-electron chi connectivity index (χ3n) is 4.56. The summed E-state index contributed by atoms with van der Waals surface area (Å²) in [7, 11) is 1.79. The van der Waals surface area contributed by atoms with Crippen LogP contribution >= 0.6 is 12.2 Å². The summed E-state index contributed by atoms with van der Waals surface area (Å²) in [5, 5.41) is 11.7. The molecule has 124 valence electrons. The predicted molar refractivity (Wildman–Crippen MR) is 86.9 cm³/mol. The van der Waals surface area contributed by atoms with Crippen LogP contribution in [0.5, 0.6) is 0 Å². The molecular weight excluding hydrogens is 318 g/mol. The van der Waals surface area contributed by atoms with E-state index in [-0.39, 0.29) is 5.91 Å². The van der Waals surface area contributed by atoms with Crippen molar-refractivity contribution in [3.05, 3.63) is 0 Å². The first-order chi connectivity index (χ1) is 11.0. The van der Waals surface area contributed by atoms with Crippen molar-refractivity contribution in [2.75, 3.05) is 43.6 Å². The second kappa shape index (κ2) is 5.03. The number of fused-ring (bicyclic) bond motifs is 2. The Balaban J connectivity index is 1.72. The number of nitrogens with zero attached hydrogens (tertiary/aromatic N) is 6. The number of morpholine rings is 1. The third kappa shape index (κ3) is 2.16. The van der Waals surface area contributed by atoms with Gasteiger partial charge >= 0.3 is 0 Å². The zero-order chi connectivity index (χ0) is 16.2.